The minimum atomic E-state index is 0.338. The zero-order valence-electron chi connectivity index (χ0n) is 16.7. The molecule has 0 saturated carbocycles. The highest BCUT2D eigenvalue weighted by molar-refractivity contribution is 5.45. The fraction of sp³-hybridized carbons (Fsp3) is 0.478. The van der Waals surface area contributed by atoms with Crippen LogP contribution in [0.4, 0.5) is 0 Å². The number of hydrogen-bond donors (Lipinski definition) is 1. The predicted octanol–water partition coefficient (Wildman–Crippen LogP) is 4.10. The zero-order valence-corrected chi connectivity index (χ0v) is 16.7. The molecule has 4 nitrogen and oxygen atoms in total. The molecule has 2 aromatic carbocycles. The molecule has 146 valence electrons. The van der Waals surface area contributed by atoms with E-state index in [4.69, 9.17) is 14.2 Å². The van der Waals surface area contributed by atoms with Crippen molar-refractivity contribution in [3.8, 4) is 17.2 Å². The topological polar surface area (TPSA) is 44.3 Å². The van der Waals surface area contributed by atoms with E-state index in [1.807, 2.05) is 12.1 Å². The van der Waals surface area contributed by atoms with Crippen LogP contribution in [0.15, 0.2) is 42.5 Å². The van der Waals surface area contributed by atoms with Crippen LogP contribution in [0.3, 0.4) is 0 Å². The summed E-state index contributed by atoms with van der Waals surface area (Å²) in [4.78, 5) is 0. The molecule has 27 heavy (non-hydrogen) atoms. The quantitative estimate of drug-likeness (QED) is 0.641. The van der Waals surface area contributed by atoms with Gasteiger partial charge < -0.3 is 19.5 Å². The predicted molar refractivity (Wildman–Crippen MR) is 107 cm³/mol. The van der Waals surface area contributed by atoms with E-state index in [9.17, 15) is 0 Å². The molecule has 1 atom stereocenters. The first-order chi connectivity index (χ1) is 13.2. The average molecular weight is 371 g/mol. The van der Waals surface area contributed by atoms with Crippen LogP contribution in [0.5, 0.6) is 17.2 Å². The minimum absolute atomic E-state index is 0.338. The van der Waals surface area contributed by atoms with Crippen LogP contribution in [-0.2, 0) is 6.54 Å². The van der Waals surface area contributed by atoms with Gasteiger partial charge in [0, 0.05) is 12.0 Å². The number of rotatable bonds is 10. The molecule has 0 aromatic heterocycles. The van der Waals surface area contributed by atoms with Gasteiger partial charge >= 0.3 is 0 Å². The maximum absolute atomic E-state index is 5.58. The normalized spacial score (nSPS) is 13.8. The van der Waals surface area contributed by atoms with Crippen LogP contribution in [0.25, 0.3) is 0 Å². The van der Waals surface area contributed by atoms with Crippen LogP contribution in [0.2, 0.25) is 0 Å². The molecular weight excluding hydrogens is 338 g/mol. The molecule has 0 spiro atoms. The van der Waals surface area contributed by atoms with Crippen LogP contribution in [0, 0.1) is 5.92 Å². The van der Waals surface area contributed by atoms with E-state index in [-0.39, 0.29) is 0 Å². The van der Waals surface area contributed by atoms with Gasteiger partial charge in [-0.1, -0.05) is 26.3 Å². The summed E-state index contributed by atoms with van der Waals surface area (Å²) < 4.78 is 16.3. The maximum atomic E-state index is 5.58. The molecule has 0 amide bonds. The molecule has 0 saturated heterocycles. The molecule has 0 unspecified atom stereocenters. The highest BCUT2D eigenvalue weighted by atomic mass is 16.7. The highest BCUT2D eigenvalue weighted by Crippen LogP contribution is 2.36. The van der Waals surface area contributed by atoms with Gasteiger partial charge in [-0.2, -0.15) is 0 Å². The lowest BCUT2D eigenvalue weighted by Gasteiger charge is -2.18. The number of nitrogens with two attached hydrogens (primary N) is 1. The van der Waals surface area contributed by atoms with Gasteiger partial charge in [0.15, 0.2) is 11.5 Å². The third-order valence-corrected chi connectivity index (χ3v) is 5.22. The molecule has 1 heterocycles. The van der Waals surface area contributed by atoms with Crippen LogP contribution in [-0.4, -0.2) is 20.4 Å². The second-order valence-corrected chi connectivity index (χ2v) is 7.70. The first-order valence-electron chi connectivity index (χ1n) is 10.00. The van der Waals surface area contributed by atoms with Gasteiger partial charge in [-0.15, -0.1) is 0 Å². The van der Waals surface area contributed by atoms with E-state index in [0.29, 0.717) is 12.7 Å². The summed E-state index contributed by atoms with van der Waals surface area (Å²) in [5.41, 5.74) is 2.70. The van der Waals surface area contributed by atoms with E-state index < -0.39 is 0 Å². The Morgan fingerprint density at radius 3 is 2.48 bits per heavy atom. The summed E-state index contributed by atoms with van der Waals surface area (Å²) in [7, 11) is 1.70. The van der Waals surface area contributed by atoms with Crippen molar-refractivity contribution in [1.29, 1.82) is 0 Å². The number of benzene rings is 2. The third-order valence-electron chi connectivity index (χ3n) is 5.22. The van der Waals surface area contributed by atoms with Crippen LogP contribution < -0.4 is 19.5 Å². The summed E-state index contributed by atoms with van der Waals surface area (Å²) in [5, 5.41) is 2.40. The number of methoxy groups -OCH3 is 1. The maximum Gasteiger partial charge on any atom is 0.231 e. The molecule has 0 fully saturated rings. The van der Waals surface area contributed by atoms with Crippen molar-refractivity contribution in [3.63, 3.8) is 0 Å². The van der Waals surface area contributed by atoms with Gasteiger partial charge in [-0.3, -0.25) is 0 Å². The van der Waals surface area contributed by atoms with Gasteiger partial charge in [0.25, 0.3) is 0 Å². The first kappa shape index (κ1) is 19.6. The van der Waals surface area contributed by atoms with Crippen molar-refractivity contribution in [2.75, 3.05) is 20.4 Å². The average Bonchev–Trinajstić information content (AvgIpc) is 3.15. The Balaban J connectivity index is 1.54. The van der Waals surface area contributed by atoms with Crippen LogP contribution in [0.1, 0.15) is 50.2 Å². The SMILES string of the molecule is COc1ccc(C[NH2+]CC[C@H](CCC(C)C)c2ccc3c(c2)OCO3)cc1. The Hall–Kier alpha value is -2.20. The minimum Gasteiger partial charge on any atom is -0.497 e. The summed E-state index contributed by atoms with van der Waals surface area (Å²) in [5.74, 6) is 3.96. The molecule has 3 rings (SSSR count). The molecule has 1 aliphatic rings. The fourth-order valence-corrected chi connectivity index (χ4v) is 3.53. The van der Waals surface area contributed by atoms with E-state index in [0.717, 1.165) is 36.3 Å². The summed E-state index contributed by atoms with van der Waals surface area (Å²) in [6.07, 6.45) is 3.63. The Morgan fingerprint density at radius 2 is 1.74 bits per heavy atom. The highest BCUT2D eigenvalue weighted by Gasteiger charge is 2.19. The second-order valence-electron chi connectivity index (χ2n) is 7.70. The zero-order chi connectivity index (χ0) is 19.1. The van der Waals surface area contributed by atoms with Crippen molar-refractivity contribution in [2.45, 2.75) is 45.6 Å². The third kappa shape index (κ3) is 5.64. The molecular formula is C23H32NO3+. The van der Waals surface area contributed by atoms with Gasteiger partial charge in [0.1, 0.15) is 12.3 Å². The van der Waals surface area contributed by atoms with Crippen LogP contribution >= 0.6 is 0 Å². The van der Waals surface area contributed by atoms with Crippen molar-refractivity contribution in [1.82, 2.24) is 0 Å². The smallest absolute Gasteiger partial charge is 0.231 e. The van der Waals surface area contributed by atoms with Gasteiger partial charge in [0.05, 0.1) is 13.7 Å². The molecule has 2 N–H and O–H groups in total. The van der Waals surface area contributed by atoms with Gasteiger partial charge in [-0.25, -0.2) is 0 Å². The molecule has 0 aliphatic carbocycles. The van der Waals surface area contributed by atoms with E-state index in [1.54, 1.807) is 7.11 Å². The van der Waals surface area contributed by atoms with Gasteiger partial charge in [0.2, 0.25) is 6.79 Å². The number of fused-ring (bicyclic) bond motifs is 1. The Morgan fingerprint density at radius 1 is 0.963 bits per heavy atom. The fourth-order valence-electron chi connectivity index (χ4n) is 3.53. The van der Waals surface area contributed by atoms with E-state index in [2.05, 4.69) is 49.5 Å². The lowest BCUT2D eigenvalue weighted by molar-refractivity contribution is -0.671. The molecule has 4 heteroatoms. The molecule has 0 radical (unpaired) electrons. The number of hydrogen-bond acceptors (Lipinski definition) is 3. The first-order valence-corrected chi connectivity index (χ1v) is 10.00. The number of quaternary nitrogens is 1. The Bertz CT molecular complexity index is 712. The lowest BCUT2D eigenvalue weighted by atomic mass is 9.88. The number of ether oxygens (including phenoxy) is 3. The molecule has 1 aliphatic heterocycles. The van der Waals surface area contributed by atoms with Crippen molar-refractivity contribution in [3.05, 3.63) is 53.6 Å². The second kappa shape index (κ2) is 9.65. The van der Waals surface area contributed by atoms with Gasteiger partial charge in [-0.05, 0) is 60.2 Å². The molecule has 0 bridgehead atoms. The summed E-state index contributed by atoms with van der Waals surface area (Å²) in [6.45, 7) is 7.05. The van der Waals surface area contributed by atoms with Crippen molar-refractivity contribution in [2.24, 2.45) is 5.92 Å². The molecule has 2 aromatic rings. The van der Waals surface area contributed by atoms with Crippen molar-refractivity contribution >= 4 is 0 Å². The summed E-state index contributed by atoms with van der Waals surface area (Å²) >= 11 is 0. The Kier molecular flexibility index (Phi) is 6.99. The standard InChI is InChI=1S/C23H31NO3/c1-17(2)4-7-19(20-8-11-22-23(14-20)27-16-26-22)12-13-24-15-18-5-9-21(25-3)10-6-18/h5-6,8-11,14,17,19,24H,4,7,12-13,15-16H2,1-3H3/p+1/t19-/m0/s1. The largest absolute Gasteiger partial charge is 0.497 e. The van der Waals surface area contributed by atoms with Crippen molar-refractivity contribution < 1.29 is 19.5 Å². The van der Waals surface area contributed by atoms with E-state index in [1.165, 1.54) is 30.4 Å². The monoisotopic (exact) mass is 370 g/mol. The summed E-state index contributed by atoms with van der Waals surface area (Å²) in [6, 6.07) is 14.8. The Labute approximate surface area is 162 Å². The van der Waals surface area contributed by atoms with E-state index >= 15 is 0 Å². The lowest BCUT2D eigenvalue weighted by Crippen LogP contribution is -2.82.